The van der Waals surface area contributed by atoms with Crippen molar-refractivity contribution in [3.63, 3.8) is 0 Å². The van der Waals surface area contributed by atoms with E-state index in [4.69, 9.17) is 5.73 Å². The summed E-state index contributed by atoms with van der Waals surface area (Å²) in [4.78, 5) is 72.4. The molecule has 8 atom stereocenters. The molecule has 2 aromatic rings. The summed E-state index contributed by atoms with van der Waals surface area (Å²) >= 11 is 1.31. The van der Waals surface area contributed by atoms with Crippen LogP contribution in [0.15, 0.2) is 17.5 Å². The van der Waals surface area contributed by atoms with E-state index in [0.717, 1.165) is 5.69 Å². The first kappa shape index (κ1) is 28.0. The molecule has 5 rings (SSSR count). The number of aliphatic hydroxyl groups is 2. The lowest BCUT2D eigenvalue weighted by Gasteiger charge is -2.56. The molecule has 1 aromatic heterocycles. The zero-order valence-electron chi connectivity index (χ0n) is 22.2. The van der Waals surface area contributed by atoms with Crippen molar-refractivity contribution < 1.29 is 39.3 Å². The van der Waals surface area contributed by atoms with Crippen LogP contribution in [0.5, 0.6) is 5.75 Å². The molecule has 1 amide bonds. The van der Waals surface area contributed by atoms with Gasteiger partial charge in [-0.15, -0.1) is 11.3 Å². The van der Waals surface area contributed by atoms with E-state index in [9.17, 15) is 39.3 Å². The normalized spacial score (nSPS) is 33.4. The van der Waals surface area contributed by atoms with E-state index in [1.165, 1.54) is 30.3 Å². The highest BCUT2D eigenvalue weighted by atomic mass is 32.1. The van der Waals surface area contributed by atoms with Gasteiger partial charge in [0.25, 0.3) is 0 Å². The monoisotopic (exact) mass is 570 g/mol. The molecule has 0 saturated heterocycles. The minimum atomic E-state index is -3.03. The zero-order valence-corrected chi connectivity index (χ0v) is 23.1. The van der Waals surface area contributed by atoms with Gasteiger partial charge in [-0.25, -0.2) is 4.98 Å². The summed E-state index contributed by atoms with van der Waals surface area (Å²) in [6.45, 7) is 3.60. The molecule has 0 aliphatic heterocycles. The number of nitrogens with zero attached hydrogens (tertiary/aromatic N) is 2. The summed E-state index contributed by atoms with van der Waals surface area (Å²) < 4.78 is 0. The maximum atomic E-state index is 14.0. The Morgan fingerprint density at radius 3 is 2.45 bits per heavy atom. The molecule has 2 fully saturated rings. The minimum Gasteiger partial charge on any atom is -0.505 e. The number of hydrogen-bond acceptors (Lipinski definition) is 12. The van der Waals surface area contributed by atoms with Crippen LogP contribution in [-0.2, 0) is 25.6 Å². The van der Waals surface area contributed by atoms with Crippen LogP contribution in [0.2, 0.25) is 0 Å². The summed E-state index contributed by atoms with van der Waals surface area (Å²) in [5.74, 6) is -13.6. The molecule has 0 spiro atoms. The number of Topliss-reactive ketones (excluding diaryl/α,β-unsaturated/α-hetero) is 4. The lowest BCUT2D eigenvalue weighted by atomic mass is 9.49. The molecule has 212 valence electrons. The number of aliphatic hydroxyl groups excluding tert-OH is 1. The van der Waals surface area contributed by atoms with Crippen molar-refractivity contribution in [3.05, 3.63) is 34.3 Å². The Bertz CT molecular complexity index is 1470. The van der Waals surface area contributed by atoms with Crippen LogP contribution in [0.4, 0.5) is 10.8 Å². The number of phenolic OH excluding ortho intramolecular Hbond substituents is 1. The number of rotatable bonds is 5. The smallest absolute Gasteiger partial charge is 0.235 e. The van der Waals surface area contributed by atoms with Crippen molar-refractivity contribution in [2.45, 2.75) is 43.9 Å². The molecule has 40 heavy (non-hydrogen) atoms. The second kappa shape index (κ2) is 9.54. The van der Waals surface area contributed by atoms with Crippen LogP contribution in [0.3, 0.4) is 0 Å². The Morgan fingerprint density at radius 2 is 1.88 bits per heavy atom. The van der Waals surface area contributed by atoms with Crippen LogP contribution in [-0.4, -0.2) is 86.1 Å². The first-order chi connectivity index (χ1) is 18.8. The van der Waals surface area contributed by atoms with Gasteiger partial charge in [-0.05, 0) is 38.1 Å². The predicted molar refractivity (Wildman–Crippen MR) is 142 cm³/mol. The molecular weight excluding hydrogens is 540 g/mol. The Hall–Kier alpha value is -3.52. The van der Waals surface area contributed by atoms with Gasteiger partial charge >= 0.3 is 0 Å². The number of aryl methyl sites for hydroxylation is 1. The molecule has 1 heterocycles. The number of ketones is 4. The largest absolute Gasteiger partial charge is 0.505 e. The van der Waals surface area contributed by atoms with Crippen LogP contribution in [0.1, 0.15) is 41.4 Å². The minimum absolute atomic E-state index is 0.163. The number of primary amides is 1. The molecule has 0 bridgehead atoms. The van der Waals surface area contributed by atoms with E-state index < -0.39 is 82.1 Å². The number of phenols is 1. The number of carbonyl (C=O) groups excluding carboxylic acids is 5. The molecular formula is C27H30N4O8S. The number of aromatic nitrogens is 1. The third-order valence-corrected chi connectivity index (χ3v) is 9.45. The molecule has 6 N–H and O–H groups in total. The van der Waals surface area contributed by atoms with Crippen LogP contribution in [0, 0.1) is 23.7 Å². The van der Waals surface area contributed by atoms with Gasteiger partial charge < -0.3 is 26.4 Å². The van der Waals surface area contributed by atoms with E-state index in [-0.39, 0.29) is 11.3 Å². The number of amides is 1. The number of aromatic hydroxyl groups is 1. The number of carbonyl (C=O) groups is 5. The molecule has 13 heteroatoms. The molecule has 1 aromatic carbocycles. The lowest BCUT2D eigenvalue weighted by Crippen LogP contribution is -2.77. The first-order valence-corrected chi connectivity index (χ1v) is 13.7. The van der Waals surface area contributed by atoms with Gasteiger partial charge in [0.1, 0.15) is 5.75 Å². The van der Waals surface area contributed by atoms with Gasteiger partial charge in [0.05, 0.1) is 40.9 Å². The SMILES string of the molecule is CCc1csc(Nc2ccc3c(c2O)C(=O)C2C(=O)[C@]4(O)C(=O)C(C(N)=O)C(=O)[C@@H](N(C)C)[C@@H]4[C@@H](O)[C@@H]2[C@H]3C)n1. The van der Waals surface area contributed by atoms with Crippen molar-refractivity contribution in [2.24, 2.45) is 29.4 Å². The fourth-order valence-electron chi connectivity index (χ4n) is 6.73. The number of benzene rings is 1. The second-order valence-corrected chi connectivity index (χ2v) is 11.8. The number of nitrogens with one attached hydrogen (secondary N) is 1. The summed E-state index contributed by atoms with van der Waals surface area (Å²) in [6.07, 6.45) is -0.964. The van der Waals surface area contributed by atoms with Gasteiger partial charge in [-0.1, -0.05) is 19.9 Å². The fraction of sp³-hybridized carbons (Fsp3) is 0.481. The quantitative estimate of drug-likeness (QED) is 0.242. The molecule has 0 radical (unpaired) electrons. The summed E-state index contributed by atoms with van der Waals surface area (Å²) in [5.41, 5.74) is 3.49. The van der Waals surface area contributed by atoms with Gasteiger partial charge in [0.15, 0.2) is 39.8 Å². The van der Waals surface area contributed by atoms with E-state index >= 15 is 0 Å². The highest BCUT2D eigenvalue weighted by molar-refractivity contribution is 7.13. The Morgan fingerprint density at radius 1 is 1.20 bits per heavy atom. The molecule has 3 aliphatic carbocycles. The topological polar surface area (TPSA) is 200 Å². The van der Waals surface area contributed by atoms with E-state index in [1.807, 2.05) is 12.3 Å². The van der Waals surface area contributed by atoms with E-state index in [1.54, 1.807) is 19.1 Å². The third kappa shape index (κ3) is 3.68. The van der Waals surface area contributed by atoms with Crippen molar-refractivity contribution in [3.8, 4) is 5.75 Å². The maximum absolute atomic E-state index is 14.0. The van der Waals surface area contributed by atoms with Gasteiger partial charge in [-0.2, -0.15) is 0 Å². The average molecular weight is 571 g/mol. The van der Waals surface area contributed by atoms with Crippen molar-refractivity contribution in [2.75, 3.05) is 19.4 Å². The Kier molecular flexibility index (Phi) is 6.69. The molecule has 12 nitrogen and oxygen atoms in total. The molecule has 2 unspecified atom stereocenters. The maximum Gasteiger partial charge on any atom is 0.235 e. The van der Waals surface area contributed by atoms with Crippen molar-refractivity contribution in [1.82, 2.24) is 9.88 Å². The van der Waals surface area contributed by atoms with Crippen molar-refractivity contribution in [1.29, 1.82) is 0 Å². The number of thiazole rings is 1. The average Bonchev–Trinajstić information content (AvgIpc) is 3.34. The number of nitrogens with two attached hydrogens (primary N) is 1. The number of fused-ring (bicyclic) bond motifs is 3. The summed E-state index contributed by atoms with van der Waals surface area (Å²) in [6, 6.07) is 1.76. The number of likely N-dealkylation sites (N-methyl/N-ethyl adjacent to an activating group) is 1. The highest BCUT2D eigenvalue weighted by Crippen LogP contribution is 2.55. The first-order valence-electron chi connectivity index (χ1n) is 12.9. The van der Waals surface area contributed by atoms with Crippen LogP contribution >= 0.6 is 11.3 Å². The zero-order chi connectivity index (χ0) is 29.4. The fourth-order valence-corrected chi connectivity index (χ4v) is 7.54. The van der Waals surface area contributed by atoms with Gasteiger partial charge in [0.2, 0.25) is 5.91 Å². The van der Waals surface area contributed by atoms with Gasteiger partial charge in [-0.3, -0.25) is 28.9 Å². The van der Waals surface area contributed by atoms with Crippen LogP contribution in [0.25, 0.3) is 0 Å². The van der Waals surface area contributed by atoms with Crippen molar-refractivity contribution >= 4 is 51.2 Å². The summed E-state index contributed by atoms with van der Waals surface area (Å²) in [5, 5.41) is 39.8. The van der Waals surface area contributed by atoms with Crippen LogP contribution < -0.4 is 11.1 Å². The van der Waals surface area contributed by atoms with Gasteiger partial charge in [0, 0.05) is 11.3 Å². The lowest BCUT2D eigenvalue weighted by molar-refractivity contribution is -0.196. The standard InChI is InChI=1S/C27H30N4O8S/c1-5-10-8-40-26(29-10)30-12-7-6-11-9(2)13-15(20(33)14(11)19(12)32)23(36)27(39)17(21(13)34)18(31(3)4)22(35)16(24(27)37)25(28)38/h6-9,13,15-18,21,32,34,39H,5H2,1-4H3,(H2,28,38)(H,29,30)/t9-,13+,15?,16?,17+,18-,21-,27-/m0/s1. The highest BCUT2D eigenvalue weighted by Gasteiger charge is 2.72. The van der Waals surface area contributed by atoms with E-state index in [2.05, 4.69) is 10.3 Å². The summed E-state index contributed by atoms with van der Waals surface area (Å²) in [7, 11) is 2.90. The van der Waals surface area contributed by atoms with E-state index in [0.29, 0.717) is 17.1 Å². The Balaban J connectivity index is 1.63. The molecule has 2 saturated carbocycles. The predicted octanol–water partition coefficient (Wildman–Crippen LogP) is 0.161. The Labute approximate surface area is 233 Å². The number of anilines is 2. The second-order valence-electron chi connectivity index (χ2n) is 10.9. The third-order valence-electron chi connectivity index (χ3n) is 8.65. The molecule has 3 aliphatic rings. The number of hydrogen-bond donors (Lipinski definition) is 5.